The Balaban J connectivity index is 1.90. The van der Waals surface area contributed by atoms with E-state index in [9.17, 15) is 4.79 Å². The average Bonchev–Trinajstić information content (AvgIpc) is 2.96. The van der Waals surface area contributed by atoms with Crippen molar-refractivity contribution in [3.05, 3.63) is 47.2 Å². The molecule has 2 heterocycles. The van der Waals surface area contributed by atoms with E-state index in [2.05, 4.69) is 42.4 Å². The first-order valence-corrected chi connectivity index (χ1v) is 9.32. The van der Waals surface area contributed by atoms with Gasteiger partial charge < -0.3 is 5.32 Å². The van der Waals surface area contributed by atoms with E-state index in [1.807, 2.05) is 16.8 Å². The minimum absolute atomic E-state index is 0.125. The van der Waals surface area contributed by atoms with Gasteiger partial charge in [0.25, 0.3) is 0 Å². The van der Waals surface area contributed by atoms with Crippen LogP contribution in [0.15, 0.2) is 41.2 Å². The van der Waals surface area contributed by atoms with Crippen LogP contribution in [0.25, 0.3) is 0 Å². The molecule has 4 rings (SSSR count). The number of Topliss-reactive ketones (excluding diaryl/α,β-unsaturated/α-hetero) is 1. The molecular weight excluding hydrogens is 320 g/mol. The molecule has 0 radical (unpaired) electrons. The van der Waals surface area contributed by atoms with Crippen LogP contribution in [-0.2, 0) is 4.79 Å². The third kappa shape index (κ3) is 2.45. The van der Waals surface area contributed by atoms with E-state index in [0.717, 1.165) is 34.5 Å². The molecule has 6 heteroatoms. The molecule has 1 aromatic carbocycles. The first-order valence-electron chi connectivity index (χ1n) is 8.33. The fourth-order valence-electron chi connectivity index (χ4n) is 3.57. The Morgan fingerprint density at radius 2 is 2.21 bits per heavy atom. The molecule has 0 amide bonds. The van der Waals surface area contributed by atoms with E-state index < -0.39 is 0 Å². The van der Waals surface area contributed by atoms with E-state index in [1.165, 1.54) is 5.56 Å². The van der Waals surface area contributed by atoms with Crippen molar-refractivity contribution in [3.8, 4) is 0 Å². The summed E-state index contributed by atoms with van der Waals surface area (Å²) in [6.07, 6.45) is 3.53. The van der Waals surface area contributed by atoms with Crippen molar-refractivity contribution < 1.29 is 4.79 Å². The number of aryl methyl sites for hydroxylation is 1. The first kappa shape index (κ1) is 15.4. The van der Waals surface area contributed by atoms with E-state index >= 15 is 0 Å². The standard InChI is InChI=1S/C18H20N4OS/c1-3-24-18-20-17-19-13-9-6-10-14(23)15(13)16(22(17)21-18)12-8-5-4-7-11(12)2/h4-5,7-9,15-16H,3,6,10H2,1-2H3,(H,19,20,21)/t15-,16-/m1/s1. The smallest absolute Gasteiger partial charge is 0.227 e. The second kappa shape index (κ2) is 6.09. The van der Waals surface area contributed by atoms with Gasteiger partial charge >= 0.3 is 0 Å². The molecule has 0 saturated carbocycles. The number of thioether (sulfide) groups is 1. The maximum Gasteiger partial charge on any atom is 0.227 e. The summed E-state index contributed by atoms with van der Waals surface area (Å²) in [5.41, 5.74) is 3.30. The Morgan fingerprint density at radius 1 is 1.38 bits per heavy atom. The van der Waals surface area contributed by atoms with Crippen LogP contribution in [0.3, 0.4) is 0 Å². The van der Waals surface area contributed by atoms with Crippen LogP contribution in [-0.4, -0.2) is 26.3 Å². The highest BCUT2D eigenvalue weighted by Gasteiger charge is 2.41. The summed E-state index contributed by atoms with van der Waals surface area (Å²) in [6.45, 7) is 4.18. The van der Waals surface area contributed by atoms with Gasteiger partial charge in [0.05, 0.1) is 12.0 Å². The normalized spacial score (nSPS) is 22.4. The van der Waals surface area contributed by atoms with Gasteiger partial charge in [0, 0.05) is 12.1 Å². The Kier molecular flexibility index (Phi) is 3.92. The molecule has 0 fully saturated rings. The third-order valence-electron chi connectivity index (χ3n) is 4.66. The molecule has 2 aliphatic rings. The molecule has 0 unspecified atom stereocenters. The fraction of sp³-hybridized carbons (Fsp3) is 0.389. The number of ketones is 1. The summed E-state index contributed by atoms with van der Waals surface area (Å²) in [6, 6.07) is 8.12. The molecule has 24 heavy (non-hydrogen) atoms. The van der Waals surface area contributed by atoms with Crippen molar-refractivity contribution >= 4 is 23.5 Å². The number of nitrogens with zero attached hydrogens (tertiary/aromatic N) is 3. The Hall–Kier alpha value is -2.08. The van der Waals surface area contributed by atoms with E-state index in [4.69, 9.17) is 5.10 Å². The Morgan fingerprint density at radius 3 is 3.00 bits per heavy atom. The maximum absolute atomic E-state index is 12.7. The van der Waals surface area contributed by atoms with Crippen molar-refractivity contribution in [2.45, 2.75) is 37.9 Å². The number of nitrogens with one attached hydrogen (secondary N) is 1. The first-order chi connectivity index (χ1) is 11.7. The number of fused-ring (bicyclic) bond motifs is 2. The van der Waals surface area contributed by atoms with E-state index in [0.29, 0.717) is 6.42 Å². The zero-order valence-corrected chi connectivity index (χ0v) is 14.6. The monoisotopic (exact) mass is 340 g/mol. The Bertz CT molecular complexity index is 826. The number of carbonyl (C=O) groups excluding carboxylic acids is 1. The van der Waals surface area contributed by atoms with Gasteiger partial charge in [-0.3, -0.25) is 4.79 Å². The lowest BCUT2D eigenvalue weighted by Gasteiger charge is -2.36. The summed E-state index contributed by atoms with van der Waals surface area (Å²) in [5, 5.41) is 8.79. The second-order valence-electron chi connectivity index (χ2n) is 6.16. The second-order valence-corrected chi connectivity index (χ2v) is 7.40. The third-order valence-corrected chi connectivity index (χ3v) is 5.38. The number of carbonyl (C=O) groups is 1. The van der Waals surface area contributed by atoms with Crippen molar-refractivity contribution in [2.75, 3.05) is 11.1 Å². The minimum atomic E-state index is -0.200. The molecule has 0 spiro atoms. The lowest BCUT2D eigenvalue weighted by atomic mass is 9.80. The van der Waals surface area contributed by atoms with Crippen molar-refractivity contribution in [1.29, 1.82) is 0 Å². The minimum Gasteiger partial charge on any atom is -0.328 e. The molecule has 1 aliphatic carbocycles. The largest absolute Gasteiger partial charge is 0.328 e. The van der Waals surface area contributed by atoms with Crippen LogP contribution >= 0.6 is 11.8 Å². The van der Waals surface area contributed by atoms with Gasteiger partial charge in [0.2, 0.25) is 11.1 Å². The van der Waals surface area contributed by atoms with Gasteiger partial charge in [-0.25, -0.2) is 4.68 Å². The predicted octanol–water partition coefficient (Wildman–Crippen LogP) is 3.58. The number of benzene rings is 1. The molecule has 0 saturated heterocycles. The lowest BCUT2D eigenvalue weighted by molar-refractivity contribution is -0.123. The molecule has 2 aromatic rings. The van der Waals surface area contributed by atoms with Crippen molar-refractivity contribution in [1.82, 2.24) is 14.8 Å². The van der Waals surface area contributed by atoms with Gasteiger partial charge in [-0.1, -0.05) is 49.0 Å². The van der Waals surface area contributed by atoms with Gasteiger partial charge in [-0.05, 0) is 30.2 Å². The zero-order valence-electron chi connectivity index (χ0n) is 13.8. The number of rotatable bonds is 3. The molecule has 2 atom stereocenters. The average molecular weight is 340 g/mol. The van der Waals surface area contributed by atoms with Gasteiger partial charge in [0.1, 0.15) is 5.78 Å². The van der Waals surface area contributed by atoms with E-state index in [-0.39, 0.29) is 17.7 Å². The summed E-state index contributed by atoms with van der Waals surface area (Å²) < 4.78 is 1.91. The summed E-state index contributed by atoms with van der Waals surface area (Å²) in [4.78, 5) is 17.3. The predicted molar refractivity (Wildman–Crippen MR) is 95.2 cm³/mol. The van der Waals surface area contributed by atoms with Crippen LogP contribution < -0.4 is 5.32 Å². The molecule has 1 N–H and O–H groups in total. The highest BCUT2D eigenvalue weighted by molar-refractivity contribution is 7.99. The highest BCUT2D eigenvalue weighted by Crippen LogP contribution is 2.42. The zero-order chi connectivity index (χ0) is 16.7. The topological polar surface area (TPSA) is 59.8 Å². The molecule has 1 aliphatic heterocycles. The number of allylic oxidation sites excluding steroid dienone is 2. The van der Waals surface area contributed by atoms with Crippen LogP contribution in [0, 0.1) is 12.8 Å². The summed E-state index contributed by atoms with van der Waals surface area (Å²) >= 11 is 1.62. The Labute approximate surface area is 145 Å². The maximum atomic E-state index is 12.7. The summed E-state index contributed by atoms with van der Waals surface area (Å²) in [7, 11) is 0. The molecule has 1 aromatic heterocycles. The van der Waals surface area contributed by atoms with Crippen LogP contribution in [0.5, 0.6) is 0 Å². The number of hydrogen-bond acceptors (Lipinski definition) is 5. The molecule has 5 nitrogen and oxygen atoms in total. The van der Waals surface area contributed by atoms with Crippen molar-refractivity contribution in [3.63, 3.8) is 0 Å². The SMILES string of the molecule is CCSc1nc2n(n1)[C@H](c1ccccc1C)[C@H]1C(=O)CCC=C1N2. The van der Waals surface area contributed by atoms with Crippen molar-refractivity contribution in [2.24, 2.45) is 5.92 Å². The summed E-state index contributed by atoms with van der Waals surface area (Å²) in [5.74, 6) is 1.73. The van der Waals surface area contributed by atoms with Gasteiger partial charge in [-0.2, -0.15) is 4.98 Å². The van der Waals surface area contributed by atoms with Gasteiger partial charge in [0.15, 0.2) is 0 Å². The number of aromatic nitrogens is 3. The quantitative estimate of drug-likeness (QED) is 0.866. The van der Waals surface area contributed by atoms with Crippen LogP contribution in [0.4, 0.5) is 5.95 Å². The number of anilines is 1. The number of hydrogen-bond donors (Lipinski definition) is 1. The molecule has 0 bridgehead atoms. The van der Waals surface area contributed by atoms with Crippen LogP contribution in [0.2, 0.25) is 0 Å². The molecule has 124 valence electrons. The molecular formula is C18H20N4OS. The fourth-order valence-corrected chi connectivity index (χ4v) is 4.13. The highest BCUT2D eigenvalue weighted by atomic mass is 32.2. The van der Waals surface area contributed by atoms with E-state index in [1.54, 1.807) is 11.8 Å². The van der Waals surface area contributed by atoms with Gasteiger partial charge in [-0.15, -0.1) is 5.10 Å². The lowest BCUT2D eigenvalue weighted by Crippen LogP contribution is -2.39. The van der Waals surface area contributed by atoms with Crippen LogP contribution in [0.1, 0.15) is 36.9 Å².